The number of hydrogen-bond donors (Lipinski definition) is 0. The highest BCUT2D eigenvalue weighted by Crippen LogP contribution is 2.26. The van der Waals surface area contributed by atoms with Crippen LogP contribution in [0, 0.1) is 5.41 Å². The molecule has 0 atom stereocenters. The van der Waals surface area contributed by atoms with Crippen molar-refractivity contribution in [3.8, 4) is 0 Å². The van der Waals surface area contributed by atoms with Crippen molar-refractivity contribution in [1.29, 1.82) is 0 Å². The summed E-state index contributed by atoms with van der Waals surface area (Å²) in [5, 5.41) is 0. The molecule has 164 valence electrons. The summed E-state index contributed by atoms with van der Waals surface area (Å²) in [7, 11) is 0. The first-order valence-corrected chi connectivity index (χ1v) is 10.5. The van der Waals surface area contributed by atoms with Crippen molar-refractivity contribution in [1.82, 2.24) is 0 Å². The van der Waals surface area contributed by atoms with Crippen LogP contribution in [0.1, 0.15) is 123 Å². The van der Waals surface area contributed by atoms with Gasteiger partial charge in [0.1, 0.15) is 0 Å². The van der Waals surface area contributed by atoms with Crippen LogP contribution < -0.4 is 0 Å². The van der Waals surface area contributed by atoms with Gasteiger partial charge in [0.15, 0.2) is 0 Å². The van der Waals surface area contributed by atoms with Gasteiger partial charge in [0, 0.05) is 0 Å². The molecule has 0 saturated heterocycles. The van der Waals surface area contributed by atoms with Crippen LogP contribution in [0.4, 0.5) is 0 Å². The first kappa shape index (κ1) is 36.8. The molecule has 0 radical (unpaired) electrons. The lowest BCUT2D eigenvalue weighted by atomic mass is 9.85. The van der Waals surface area contributed by atoms with E-state index in [0.717, 1.165) is 17.6 Å². The van der Waals surface area contributed by atoms with Crippen molar-refractivity contribution in [2.45, 2.75) is 123 Å². The molecule has 0 fully saturated rings. The van der Waals surface area contributed by atoms with E-state index >= 15 is 0 Å². The molecule has 0 aliphatic carbocycles. The van der Waals surface area contributed by atoms with E-state index in [1.54, 1.807) is 0 Å². The molecule has 0 aliphatic rings. The fraction of sp³-hybridized carbons (Fsp3) is 0.704. The summed E-state index contributed by atoms with van der Waals surface area (Å²) < 4.78 is 0. The van der Waals surface area contributed by atoms with E-state index in [2.05, 4.69) is 75.1 Å². The lowest BCUT2D eigenvalue weighted by Crippen LogP contribution is -2.08. The van der Waals surface area contributed by atoms with E-state index in [1.165, 1.54) is 42.4 Å². The highest BCUT2D eigenvalue weighted by atomic mass is 14.2. The Morgan fingerprint density at radius 3 is 1.26 bits per heavy atom. The van der Waals surface area contributed by atoms with Gasteiger partial charge in [0.05, 0.1) is 0 Å². The second-order valence-corrected chi connectivity index (χ2v) is 7.72. The predicted molar refractivity (Wildman–Crippen MR) is 135 cm³/mol. The van der Waals surface area contributed by atoms with Crippen molar-refractivity contribution < 1.29 is 0 Å². The quantitative estimate of drug-likeness (QED) is 0.385. The minimum Gasteiger partial charge on any atom is -0.0959 e. The summed E-state index contributed by atoms with van der Waals surface area (Å²) in [5.41, 5.74) is 6.72. The molecule has 0 aromatic carbocycles. The van der Waals surface area contributed by atoms with E-state index in [9.17, 15) is 0 Å². The summed E-state index contributed by atoms with van der Waals surface area (Å²) in [4.78, 5) is 0. The summed E-state index contributed by atoms with van der Waals surface area (Å²) in [6, 6.07) is 0. The molecule has 0 rings (SSSR count). The summed E-state index contributed by atoms with van der Waals surface area (Å²) in [6.45, 7) is 36.8. The fourth-order valence-electron chi connectivity index (χ4n) is 1.46. The molecule has 0 aromatic heterocycles. The number of hydrogen-bond acceptors (Lipinski definition) is 0. The zero-order valence-electron chi connectivity index (χ0n) is 20.7. The van der Waals surface area contributed by atoms with Crippen LogP contribution in [0.15, 0.2) is 47.6 Å². The van der Waals surface area contributed by atoms with Crippen LogP contribution in [0.25, 0.3) is 0 Å². The number of allylic oxidation sites excluding steroid dienone is 5. The van der Waals surface area contributed by atoms with Gasteiger partial charge in [-0.25, -0.2) is 0 Å². The Kier molecular flexibility index (Phi) is 31.4. The van der Waals surface area contributed by atoms with E-state index in [1.807, 2.05) is 27.7 Å². The molecule has 0 amide bonds. The Morgan fingerprint density at radius 2 is 1.11 bits per heavy atom. The van der Waals surface area contributed by atoms with E-state index < -0.39 is 0 Å². The Balaban J connectivity index is -0.0000000856. The molecule has 0 heteroatoms. The zero-order valence-corrected chi connectivity index (χ0v) is 20.7. The highest BCUT2D eigenvalue weighted by molar-refractivity contribution is 5.28. The van der Waals surface area contributed by atoms with Gasteiger partial charge < -0.3 is 0 Å². The standard InChI is InChI=1S/C9H16.C9H20.C6H10.C2H6.CH4/c1-6-8(4)9(5)7(2)3;1-5-7-8-9(3,4)6-2;1-5(2)6(3)4;1-2;/h2,6H2,1,3-5H3;5-8H2,1-4H3;1,3H2,2,4H3;1-2H3;1H4/b9-8-;;;;. The van der Waals surface area contributed by atoms with Gasteiger partial charge in [-0.05, 0) is 58.4 Å². The van der Waals surface area contributed by atoms with Crippen molar-refractivity contribution in [3.63, 3.8) is 0 Å². The minimum atomic E-state index is 0. The molecule has 0 nitrogen and oxygen atoms in total. The van der Waals surface area contributed by atoms with Crippen LogP contribution in [-0.2, 0) is 0 Å². The maximum Gasteiger partial charge on any atom is -0.0346 e. The van der Waals surface area contributed by atoms with Gasteiger partial charge in [0.2, 0.25) is 0 Å². The molecule has 0 unspecified atom stereocenters. The van der Waals surface area contributed by atoms with Crippen LogP contribution in [-0.4, -0.2) is 0 Å². The number of unbranched alkanes of at least 4 members (excludes halogenated alkanes) is 1. The van der Waals surface area contributed by atoms with Crippen molar-refractivity contribution in [2.75, 3.05) is 0 Å². The van der Waals surface area contributed by atoms with E-state index in [-0.39, 0.29) is 7.43 Å². The maximum atomic E-state index is 3.87. The average Bonchev–Trinajstić information content (AvgIpc) is 2.61. The number of rotatable bonds is 7. The molecule has 0 heterocycles. The molecular formula is C27H56. The van der Waals surface area contributed by atoms with Crippen LogP contribution in [0.5, 0.6) is 0 Å². The van der Waals surface area contributed by atoms with Crippen molar-refractivity contribution in [3.05, 3.63) is 47.6 Å². The molecule has 0 aliphatic heterocycles. The normalized spacial score (nSPS) is 10.2. The first-order chi connectivity index (χ1) is 11.9. The molecule has 0 spiro atoms. The largest absolute Gasteiger partial charge is 0.0959 e. The monoisotopic (exact) mass is 380 g/mol. The van der Waals surface area contributed by atoms with Gasteiger partial charge in [-0.3, -0.25) is 0 Å². The second-order valence-electron chi connectivity index (χ2n) is 7.72. The Morgan fingerprint density at radius 1 is 0.741 bits per heavy atom. The van der Waals surface area contributed by atoms with Crippen LogP contribution >= 0.6 is 0 Å². The van der Waals surface area contributed by atoms with Crippen LogP contribution in [0.3, 0.4) is 0 Å². The minimum absolute atomic E-state index is 0. The van der Waals surface area contributed by atoms with Gasteiger partial charge in [-0.2, -0.15) is 0 Å². The fourth-order valence-corrected chi connectivity index (χ4v) is 1.46. The SMILES string of the molecule is C.C=C(C)/C(C)=C(/C)CC.C=C(C)C(=C)C.CC.CCCCC(C)(C)CC. The lowest BCUT2D eigenvalue weighted by molar-refractivity contribution is 0.311. The van der Waals surface area contributed by atoms with Gasteiger partial charge in [0.25, 0.3) is 0 Å². The summed E-state index contributed by atoms with van der Waals surface area (Å²) in [6.07, 6.45) is 6.57. The lowest BCUT2D eigenvalue weighted by Gasteiger charge is -2.21. The van der Waals surface area contributed by atoms with Gasteiger partial charge >= 0.3 is 0 Å². The third-order valence-electron chi connectivity index (χ3n) is 4.70. The summed E-state index contributed by atoms with van der Waals surface area (Å²) >= 11 is 0. The predicted octanol–water partition coefficient (Wildman–Crippen LogP) is 10.7. The van der Waals surface area contributed by atoms with Crippen LogP contribution in [0.2, 0.25) is 0 Å². The van der Waals surface area contributed by atoms with Gasteiger partial charge in [-0.1, -0.05) is 117 Å². The molecule has 0 aromatic rings. The van der Waals surface area contributed by atoms with Crippen molar-refractivity contribution in [2.24, 2.45) is 5.41 Å². The Bertz CT molecular complexity index is 390. The van der Waals surface area contributed by atoms with Crippen molar-refractivity contribution >= 4 is 0 Å². The molecule has 27 heavy (non-hydrogen) atoms. The van der Waals surface area contributed by atoms with E-state index in [0.29, 0.717) is 5.41 Å². The van der Waals surface area contributed by atoms with Gasteiger partial charge in [-0.15, -0.1) is 0 Å². The highest BCUT2D eigenvalue weighted by Gasteiger charge is 2.12. The second kappa shape index (κ2) is 23.0. The zero-order chi connectivity index (χ0) is 21.9. The first-order valence-electron chi connectivity index (χ1n) is 10.5. The summed E-state index contributed by atoms with van der Waals surface area (Å²) in [5.74, 6) is 0. The molecule has 0 saturated carbocycles. The molecule has 0 bridgehead atoms. The third kappa shape index (κ3) is 30.0. The molecular weight excluding hydrogens is 324 g/mol. The Hall–Kier alpha value is -1.04. The average molecular weight is 381 g/mol. The topological polar surface area (TPSA) is 0 Å². The smallest absolute Gasteiger partial charge is 0.0346 e. The Labute approximate surface area is 175 Å². The third-order valence-corrected chi connectivity index (χ3v) is 4.70. The van der Waals surface area contributed by atoms with E-state index in [4.69, 9.17) is 0 Å². The molecule has 0 N–H and O–H groups in total. The maximum absolute atomic E-state index is 3.87.